The number of hydrogen-bond donors (Lipinski definition) is 0. The number of imidazole rings is 1. The van der Waals surface area contributed by atoms with Gasteiger partial charge < -0.3 is 14.2 Å². The first-order valence-corrected chi connectivity index (χ1v) is 10.0. The molecule has 3 heterocycles. The molecule has 2 aromatic heterocycles. The van der Waals surface area contributed by atoms with Crippen molar-refractivity contribution in [1.29, 1.82) is 0 Å². The molecule has 0 aromatic carbocycles. The van der Waals surface area contributed by atoms with E-state index in [0.29, 0.717) is 34.9 Å². The minimum absolute atomic E-state index is 0.00594. The molecule has 1 saturated heterocycles. The zero-order valence-corrected chi connectivity index (χ0v) is 16.4. The molecule has 1 aliphatic carbocycles. The van der Waals surface area contributed by atoms with Gasteiger partial charge in [-0.2, -0.15) is 0 Å². The van der Waals surface area contributed by atoms with Crippen LogP contribution in [-0.2, 0) is 13.5 Å². The Hall–Kier alpha value is -2.08. The highest BCUT2D eigenvalue weighted by atomic mass is 35.5. The predicted octanol–water partition coefficient (Wildman–Crippen LogP) is 3.35. The summed E-state index contributed by atoms with van der Waals surface area (Å²) in [5.41, 5.74) is 0.529. The third-order valence-corrected chi connectivity index (χ3v) is 5.77. The molecular weight excluding hydrogens is 364 g/mol. The molecule has 1 saturated carbocycles. The van der Waals surface area contributed by atoms with Gasteiger partial charge in [0, 0.05) is 45.1 Å². The first kappa shape index (κ1) is 18.3. The minimum atomic E-state index is -0.00594. The average molecular weight is 389 g/mol. The second-order valence-electron chi connectivity index (χ2n) is 7.66. The van der Waals surface area contributed by atoms with Gasteiger partial charge in [0.1, 0.15) is 10.8 Å². The fourth-order valence-corrected chi connectivity index (χ4v) is 3.72. The van der Waals surface area contributed by atoms with Gasteiger partial charge in [0.05, 0.1) is 12.2 Å². The van der Waals surface area contributed by atoms with Crippen LogP contribution in [0.15, 0.2) is 24.7 Å². The number of pyridine rings is 1. The molecule has 0 spiro atoms. The van der Waals surface area contributed by atoms with Crippen LogP contribution in [0.5, 0.6) is 5.88 Å². The molecule has 0 atom stereocenters. The highest BCUT2D eigenvalue weighted by Gasteiger charge is 2.26. The van der Waals surface area contributed by atoms with Crippen molar-refractivity contribution < 1.29 is 9.53 Å². The number of amides is 1. The van der Waals surface area contributed by atoms with Crippen molar-refractivity contribution in [3.05, 3.63) is 41.1 Å². The SMILES string of the molecule is Cn1ccnc1CC1CCN(C(=O)c2cnc(OCC3CC3)c(Cl)c2)CC1. The molecule has 0 radical (unpaired) electrons. The lowest BCUT2D eigenvalue weighted by Crippen LogP contribution is -2.39. The Balaban J connectivity index is 1.32. The van der Waals surface area contributed by atoms with Gasteiger partial charge in [-0.3, -0.25) is 4.79 Å². The van der Waals surface area contributed by atoms with Crippen molar-refractivity contribution in [1.82, 2.24) is 19.4 Å². The number of carbonyl (C=O) groups excluding carboxylic acids is 1. The quantitative estimate of drug-likeness (QED) is 0.761. The van der Waals surface area contributed by atoms with E-state index in [-0.39, 0.29) is 5.91 Å². The summed E-state index contributed by atoms with van der Waals surface area (Å²) in [4.78, 5) is 23.3. The van der Waals surface area contributed by atoms with Crippen LogP contribution >= 0.6 is 11.6 Å². The minimum Gasteiger partial charge on any atom is -0.476 e. The van der Waals surface area contributed by atoms with Crippen molar-refractivity contribution in [3.8, 4) is 5.88 Å². The fourth-order valence-electron chi connectivity index (χ4n) is 3.50. The molecule has 0 bridgehead atoms. The number of hydrogen-bond acceptors (Lipinski definition) is 4. The summed E-state index contributed by atoms with van der Waals surface area (Å²) in [7, 11) is 2.02. The van der Waals surface area contributed by atoms with Crippen molar-refractivity contribution in [3.63, 3.8) is 0 Å². The molecule has 7 heteroatoms. The summed E-state index contributed by atoms with van der Waals surface area (Å²) in [5, 5.41) is 0.408. The van der Waals surface area contributed by atoms with Crippen molar-refractivity contribution in [2.45, 2.75) is 32.1 Å². The molecule has 0 unspecified atom stereocenters. The molecule has 1 aliphatic heterocycles. The standard InChI is InChI=1S/C20H25ClN4O2/c1-24-9-6-22-18(24)10-14-4-7-25(8-5-14)20(26)16-11-17(21)19(23-12-16)27-13-15-2-3-15/h6,9,11-12,14-15H,2-5,7-8,10,13H2,1H3. The van der Waals surface area contributed by atoms with Gasteiger partial charge in [-0.1, -0.05) is 11.6 Å². The second kappa shape index (κ2) is 7.89. The first-order valence-electron chi connectivity index (χ1n) is 9.64. The number of piperidine rings is 1. The summed E-state index contributed by atoms with van der Waals surface area (Å²) >= 11 is 6.27. The number of halogens is 1. The third-order valence-electron chi connectivity index (χ3n) is 5.50. The van der Waals surface area contributed by atoms with Gasteiger partial charge in [0.25, 0.3) is 5.91 Å². The molecule has 2 aromatic rings. The summed E-state index contributed by atoms with van der Waals surface area (Å²) in [6.45, 7) is 2.17. The van der Waals surface area contributed by atoms with E-state index in [1.165, 1.54) is 12.8 Å². The van der Waals surface area contributed by atoms with Gasteiger partial charge >= 0.3 is 0 Å². The van der Waals surface area contributed by atoms with Crippen LogP contribution in [0, 0.1) is 11.8 Å². The van der Waals surface area contributed by atoms with E-state index in [1.807, 2.05) is 24.3 Å². The first-order chi connectivity index (χ1) is 13.1. The molecule has 1 amide bonds. The maximum absolute atomic E-state index is 12.8. The Bertz CT molecular complexity index is 810. The fraction of sp³-hybridized carbons (Fsp3) is 0.550. The molecule has 2 fully saturated rings. The monoisotopic (exact) mass is 388 g/mol. The number of ether oxygens (including phenoxy) is 1. The highest BCUT2D eigenvalue weighted by Crippen LogP contribution is 2.31. The largest absolute Gasteiger partial charge is 0.476 e. The molecular formula is C20H25ClN4O2. The summed E-state index contributed by atoms with van der Waals surface area (Å²) in [6.07, 6.45) is 10.8. The molecule has 4 rings (SSSR count). The van der Waals surface area contributed by atoms with Gasteiger partial charge in [0.2, 0.25) is 5.88 Å². The van der Waals surface area contributed by atoms with E-state index in [0.717, 1.165) is 38.2 Å². The van der Waals surface area contributed by atoms with Crippen LogP contribution in [-0.4, -0.2) is 45.0 Å². The molecule has 0 N–H and O–H groups in total. The van der Waals surface area contributed by atoms with Crippen LogP contribution in [0.3, 0.4) is 0 Å². The predicted molar refractivity (Wildman–Crippen MR) is 103 cm³/mol. The topological polar surface area (TPSA) is 60.2 Å². The van der Waals surface area contributed by atoms with Crippen molar-refractivity contribution in [2.24, 2.45) is 18.9 Å². The van der Waals surface area contributed by atoms with E-state index in [1.54, 1.807) is 12.3 Å². The van der Waals surface area contributed by atoms with Gasteiger partial charge in [-0.25, -0.2) is 9.97 Å². The number of nitrogens with zero attached hydrogens (tertiary/aromatic N) is 4. The lowest BCUT2D eigenvalue weighted by atomic mass is 9.93. The van der Waals surface area contributed by atoms with Crippen LogP contribution < -0.4 is 4.74 Å². The molecule has 27 heavy (non-hydrogen) atoms. The highest BCUT2D eigenvalue weighted by molar-refractivity contribution is 6.32. The lowest BCUT2D eigenvalue weighted by molar-refractivity contribution is 0.0689. The molecule has 6 nitrogen and oxygen atoms in total. The Morgan fingerprint density at radius 3 is 2.63 bits per heavy atom. The van der Waals surface area contributed by atoms with Crippen molar-refractivity contribution >= 4 is 17.5 Å². The number of carbonyl (C=O) groups is 1. The Morgan fingerprint density at radius 1 is 1.22 bits per heavy atom. The molecule has 2 aliphatic rings. The summed E-state index contributed by atoms with van der Waals surface area (Å²) in [6, 6.07) is 1.68. The lowest BCUT2D eigenvalue weighted by Gasteiger charge is -2.32. The zero-order chi connectivity index (χ0) is 18.8. The van der Waals surface area contributed by atoms with Gasteiger partial charge in [0.15, 0.2) is 0 Å². The Morgan fingerprint density at radius 2 is 2.00 bits per heavy atom. The van der Waals surface area contributed by atoms with E-state index < -0.39 is 0 Å². The Labute approximate surface area is 164 Å². The second-order valence-corrected chi connectivity index (χ2v) is 8.07. The van der Waals surface area contributed by atoms with E-state index in [9.17, 15) is 4.79 Å². The van der Waals surface area contributed by atoms with E-state index >= 15 is 0 Å². The number of aryl methyl sites for hydroxylation is 1. The Kier molecular flexibility index (Phi) is 5.34. The summed E-state index contributed by atoms with van der Waals surface area (Å²) < 4.78 is 7.71. The maximum Gasteiger partial charge on any atom is 0.255 e. The van der Waals surface area contributed by atoms with Crippen molar-refractivity contribution in [2.75, 3.05) is 19.7 Å². The van der Waals surface area contributed by atoms with Gasteiger partial charge in [-0.05, 0) is 43.6 Å². The third kappa shape index (κ3) is 4.43. The van der Waals surface area contributed by atoms with Crippen LogP contribution in [0.4, 0.5) is 0 Å². The smallest absolute Gasteiger partial charge is 0.255 e. The van der Waals surface area contributed by atoms with Crippen LogP contribution in [0.2, 0.25) is 5.02 Å². The summed E-state index contributed by atoms with van der Waals surface area (Å²) in [5.74, 6) is 2.73. The van der Waals surface area contributed by atoms with Crippen LogP contribution in [0.1, 0.15) is 41.9 Å². The number of likely N-dealkylation sites (tertiary alicyclic amines) is 1. The normalized spacial score (nSPS) is 17.9. The van der Waals surface area contributed by atoms with E-state index in [4.69, 9.17) is 16.3 Å². The maximum atomic E-state index is 12.8. The van der Waals surface area contributed by atoms with Gasteiger partial charge in [-0.15, -0.1) is 0 Å². The molecule has 144 valence electrons. The van der Waals surface area contributed by atoms with E-state index in [2.05, 4.69) is 14.5 Å². The van der Waals surface area contributed by atoms with Crippen LogP contribution in [0.25, 0.3) is 0 Å². The zero-order valence-electron chi connectivity index (χ0n) is 15.6. The average Bonchev–Trinajstić information content (AvgIpc) is 3.42. The number of aromatic nitrogens is 3. The number of rotatable bonds is 6.